The molecule has 11 nitrogen and oxygen atoms in total. The molecule has 1 unspecified atom stereocenters. The molecule has 3 amide bonds. The van der Waals surface area contributed by atoms with Gasteiger partial charge in [0.25, 0.3) is 5.91 Å². The predicted octanol–water partition coefficient (Wildman–Crippen LogP) is 5.01. The highest BCUT2D eigenvalue weighted by molar-refractivity contribution is 9.09. The number of allylic oxidation sites excluding steroid dienone is 1. The predicted molar refractivity (Wildman–Crippen MR) is 201 cm³/mol. The number of halogens is 2. The van der Waals surface area contributed by atoms with Crippen LogP contribution in [-0.4, -0.2) is 95.2 Å². The Labute approximate surface area is 318 Å². The Balaban J connectivity index is 1.57. The van der Waals surface area contributed by atoms with Gasteiger partial charge < -0.3 is 34.4 Å². The first-order valence-electron chi connectivity index (χ1n) is 17.5. The minimum Gasteiger partial charge on any atom is -0.455 e. The van der Waals surface area contributed by atoms with E-state index in [-0.39, 0.29) is 37.8 Å². The molecular formula is C39H47BrClN3O8. The maximum atomic E-state index is 15.0. The lowest BCUT2D eigenvalue weighted by atomic mass is 9.70. The van der Waals surface area contributed by atoms with Crippen LogP contribution >= 0.6 is 27.5 Å². The van der Waals surface area contributed by atoms with Crippen molar-refractivity contribution in [3.05, 3.63) is 90.5 Å². The first-order chi connectivity index (χ1) is 24.9. The number of esters is 1. The number of carbonyl (C=O) groups excluding carboxylic acids is 4. The van der Waals surface area contributed by atoms with E-state index in [1.165, 1.54) is 16.9 Å². The van der Waals surface area contributed by atoms with E-state index in [0.717, 1.165) is 0 Å². The number of fused-ring (bicyclic) bond motifs is 1. The first kappa shape index (κ1) is 39.7. The molecule has 0 radical (unpaired) electrons. The molecule has 2 aromatic carbocycles. The molecule has 0 aromatic heterocycles. The number of aliphatic hydroxyl groups excluding tert-OH is 1. The maximum absolute atomic E-state index is 15.0. The van der Waals surface area contributed by atoms with Crippen molar-refractivity contribution in [3.8, 4) is 0 Å². The number of amides is 3. The van der Waals surface area contributed by atoms with Crippen molar-refractivity contribution in [2.45, 2.75) is 73.9 Å². The van der Waals surface area contributed by atoms with E-state index in [9.17, 15) is 24.3 Å². The second-order valence-corrected chi connectivity index (χ2v) is 15.4. The number of alkyl halides is 1. The van der Waals surface area contributed by atoms with Gasteiger partial charge in [0.1, 0.15) is 17.7 Å². The van der Waals surface area contributed by atoms with E-state index in [1.54, 1.807) is 60.7 Å². The number of benzene rings is 2. The number of methoxy groups -OCH3 is 1. The van der Waals surface area contributed by atoms with Crippen LogP contribution in [0.5, 0.6) is 0 Å². The fourth-order valence-corrected chi connectivity index (χ4v) is 9.15. The summed E-state index contributed by atoms with van der Waals surface area (Å²) in [4.78, 5) is 59.8. The van der Waals surface area contributed by atoms with Gasteiger partial charge in [-0.1, -0.05) is 96.0 Å². The zero-order chi connectivity index (χ0) is 37.7. The van der Waals surface area contributed by atoms with Crippen molar-refractivity contribution in [2.75, 3.05) is 31.8 Å². The van der Waals surface area contributed by atoms with Crippen LogP contribution in [0.25, 0.3) is 0 Å². The van der Waals surface area contributed by atoms with Crippen LogP contribution in [0.3, 0.4) is 0 Å². The van der Waals surface area contributed by atoms with Crippen LogP contribution in [-0.2, 0) is 33.4 Å². The van der Waals surface area contributed by atoms with Gasteiger partial charge in [0.15, 0.2) is 0 Å². The molecule has 2 aromatic rings. The van der Waals surface area contributed by atoms with Crippen molar-refractivity contribution in [1.82, 2.24) is 10.2 Å². The fraction of sp³-hybridized carbons (Fsp3) is 0.487. The van der Waals surface area contributed by atoms with Crippen molar-refractivity contribution < 1.29 is 38.5 Å². The normalized spacial score (nSPS) is 26.4. The number of para-hydroxylation sites is 1. The zero-order valence-corrected chi connectivity index (χ0v) is 32.0. The number of ether oxygens (including phenoxy) is 3. The van der Waals surface area contributed by atoms with E-state index < -0.39 is 77.0 Å². The summed E-state index contributed by atoms with van der Waals surface area (Å²) in [7, 11) is 1.49. The van der Waals surface area contributed by atoms with E-state index >= 15 is 0 Å². The summed E-state index contributed by atoms with van der Waals surface area (Å²) in [5.74, 6) is -4.39. The maximum Gasteiger partial charge on any atom is 0.313 e. The molecule has 3 aliphatic heterocycles. The fourth-order valence-electron chi connectivity index (χ4n) is 7.97. The summed E-state index contributed by atoms with van der Waals surface area (Å²) < 4.78 is 18.5. The molecule has 280 valence electrons. The highest BCUT2D eigenvalue weighted by atomic mass is 79.9. The second-order valence-electron chi connectivity index (χ2n) is 13.8. The molecule has 0 saturated carbocycles. The third-order valence-electron chi connectivity index (χ3n) is 10.3. The number of nitrogens with zero attached hydrogens (tertiary/aromatic N) is 2. The quantitative estimate of drug-likeness (QED) is 0.130. The summed E-state index contributed by atoms with van der Waals surface area (Å²) in [5, 5.41) is 13.9. The van der Waals surface area contributed by atoms with Crippen molar-refractivity contribution in [2.24, 2.45) is 17.8 Å². The topological polar surface area (TPSA) is 135 Å². The standard InChI is InChI=1S/C39H47BrClN3O8/c1-6-8-18-30(46)42-27(22-50-5)33(24-14-10-9-11-15-24)51-38(49)31-32-36(47)44(29(21-45)23(3)4)35(39(32)20-25(40)34(31)52-39)37(48)43(19-7-2)28-17-13-12-16-26(28)41/h6-7,9-17,23,25,27,29,31-35,45H,1-2,8,18-22H2,3-5H3,(H,42,46)/t25?,27-,29-,31-,32+,33-,34-,35-,39+/m0/s1. The zero-order valence-electron chi connectivity index (χ0n) is 29.7. The molecule has 3 heterocycles. The average molecular weight is 801 g/mol. The summed E-state index contributed by atoms with van der Waals surface area (Å²) in [6.45, 7) is 11.0. The molecule has 2 N–H and O–H groups in total. The SMILES string of the molecule is C=CCCC(=O)N[C@@H](COC)[C@@H](OC(=O)[C@@H]1[C@H]2O[C@@]3(CC2Br)[C@H](C(=O)N(CC=C)c2ccccc2Cl)N([C@@H](CO)C(C)C)C(=O)[C@@H]13)c1ccccc1. The van der Waals surface area contributed by atoms with Gasteiger partial charge >= 0.3 is 5.97 Å². The van der Waals surface area contributed by atoms with Crippen LogP contribution in [0, 0.1) is 17.8 Å². The smallest absolute Gasteiger partial charge is 0.313 e. The lowest BCUT2D eigenvalue weighted by Crippen LogP contribution is -2.60. The number of aliphatic hydroxyl groups is 1. The number of carbonyl (C=O) groups is 4. The molecule has 9 atom stereocenters. The molecular weight excluding hydrogens is 754 g/mol. The van der Waals surface area contributed by atoms with E-state index in [4.69, 9.17) is 25.8 Å². The molecule has 13 heteroatoms. The minimum atomic E-state index is -1.44. The van der Waals surface area contributed by atoms with Crippen molar-refractivity contribution in [3.63, 3.8) is 0 Å². The lowest BCUT2D eigenvalue weighted by Gasteiger charge is -2.40. The molecule has 2 bridgehead atoms. The number of hydrogen-bond acceptors (Lipinski definition) is 8. The highest BCUT2D eigenvalue weighted by Gasteiger charge is 2.78. The Morgan fingerprint density at radius 2 is 1.85 bits per heavy atom. The molecule has 5 rings (SSSR count). The van der Waals surface area contributed by atoms with Crippen LogP contribution in [0.15, 0.2) is 79.9 Å². The Bertz CT molecular complexity index is 1640. The Kier molecular flexibility index (Phi) is 13.0. The minimum absolute atomic E-state index is 0.0305. The van der Waals surface area contributed by atoms with Gasteiger partial charge in [-0.2, -0.15) is 0 Å². The van der Waals surface area contributed by atoms with Crippen LogP contribution < -0.4 is 10.2 Å². The van der Waals surface area contributed by atoms with E-state index in [1.807, 2.05) is 19.9 Å². The van der Waals surface area contributed by atoms with Gasteiger partial charge in [0, 0.05) is 24.9 Å². The van der Waals surface area contributed by atoms with Gasteiger partial charge in [0.2, 0.25) is 11.8 Å². The summed E-state index contributed by atoms with van der Waals surface area (Å²) in [6.07, 6.45) is 2.32. The third-order valence-corrected chi connectivity index (χ3v) is 11.4. The molecule has 52 heavy (non-hydrogen) atoms. The average Bonchev–Trinajstić information content (AvgIpc) is 3.72. The molecule has 0 aliphatic carbocycles. The third kappa shape index (κ3) is 7.45. The number of rotatable bonds is 17. The summed E-state index contributed by atoms with van der Waals surface area (Å²) in [5.41, 5.74) is -0.397. The van der Waals surface area contributed by atoms with Crippen molar-refractivity contribution in [1.29, 1.82) is 0 Å². The first-order valence-corrected chi connectivity index (χ1v) is 18.8. The van der Waals surface area contributed by atoms with Gasteiger partial charge in [-0.05, 0) is 36.5 Å². The molecule has 3 aliphatic rings. The number of likely N-dealkylation sites (tertiary alicyclic amines) is 1. The van der Waals surface area contributed by atoms with Gasteiger partial charge in [-0.15, -0.1) is 13.2 Å². The Morgan fingerprint density at radius 3 is 2.46 bits per heavy atom. The van der Waals surface area contributed by atoms with Crippen LogP contribution in [0.1, 0.15) is 44.8 Å². The summed E-state index contributed by atoms with van der Waals surface area (Å²) >= 11 is 10.3. The number of hydrogen-bond donors (Lipinski definition) is 2. The van der Waals surface area contributed by atoms with Gasteiger partial charge in [0.05, 0.1) is 53.9 Å². The van der Waals surface area contributed by atoms with Crippen LogP contribution in [0.2, 0.25) is 5.02 Å². The van der Waals surface area contributed by atoms with Gasteiger partial charge in [-0.25, -0.2) is 0 Å². The van der Waals surface area contributed by atoms with Crippen molar-refractivity contribution >= 4 is 56.9 Å². The second kappa shape index (κ2) is 17.1. The lowest BCUT2D eigenvalue weighted by molar-refractivity contribution is -0.163. The number of anilines is 1. The van der Waals surface area contributed by atoms with E-state index in [0.29, 0.717) is 22.7 Å². The molecule has 3 fully saturated rings. The Hall–Kier alpha value is -3.55. The monoisotopic (exact) mass is 799 g/mol. The summed E-state index contributed by atoms with van der Waals surface area (Å²) in [6, 6.07) is 13.2. The molecule has 1 spiro atoms. The van der Waals surface area contributed by atoms with E-state index in [2.05, 4.69) is 34.4 Å². The van der Waals surface area contributed by atoms with Crippen LogP contribution in [0.4, 0.5) is 5.69 Å². The highest BCUT2D eigenvalue weighted by Crippen LogP contribution is 2.61. The van der Waals surface area contributed by atoms with Gasteiger partial charge in [-0.3, -0.25) is 19.2 Å². The molecule has 3 saturated heterocycles. The number of nitrogens with one attached hydrogen (secondary N) is 1. The largest absolute Gasteiger partial charge is 0.455 e. The Morgan fingerprint density at radius 1 is 1.15 bits per heavy atom.